The Labute approximate surface area is 138 Å². The number of rotatable bonds is 6. The summed E-state index contributed by atoms with van der Waals surface area (Å²) in [6.07, 6.45) is 2.47. The lowest BCUT2D eigenvalue weighted by Crippen LogP contribution is -2.45. The van der Waals surface area contributed by atoms with Gasteiger partial charge in [-0.05, 0) is 24.3 Å². The average molecular weight is 350 g/mol. The summed E-state index contributed by atoms with van der Waals surface area (Å²) in [6, 6.07) is 2.11. The van der Waals surface area contributed by atoms with Crippen molar-refractivity contribution in [3.8, 4) is 0 Å². The van der Waals surface area contributed by atoms with Crippen LogP contribution < -0.4 is 5.32 Å². The molecule has 0 spiro atoms. The number of carbonyl (C=O) groups excluding carboxylic acids is 1. The smallest absolute Gasteiger partial charge is 0.326 e. The van der Waals surface area contributed by atoms with E-state index in [1.165, 1.54) is 17.8 Å². The number of aliphatic carboxylic acids is 1. The summed E-state index contributed by atoms with van der Waals surface area (Å²) < 4.78 is 0. The Hall–Kier alpha value is -0.910. The van der Waals surface area contributed by atoms with Crippen LogP contribution in [0.25, 0.3) is 0 Å². The minimum absolute atomic E-state index is 0.183. The Morgan fingerprint density at radius 3 is 2.43 bits per heavy atom. The molecule has 0 aromatic heterocycles. The number of hydrogen-bond acceptors (Lipinski definition) is 3. The van der Waals surface area contributed by atoms with E-state index in [4.69, 9.17) is 23.2 Å². The van der Waals surface area contributed by atoms with Crippen LogP contribution in [0, 0.1) is 5.92 Å². The van der Waals surface area contributed by atoms with Crippen molar-refractivity contribution in [2.45, 2.75) is 31.2 Å². The predicted molar refractivity (Wildman–Crippen MR) is 86.6 cm³/mol. The average Bonchev–Trinajstić information content (AvgIpc) is 2.43. The Bertz CT molecular complexity index is 551. The van der Waals surface area contributed by atoms with Gasteiger partial charge in [0.1, 0.15) is 6.04 Å². The van der Waals surface area contributed by atoms with Gasteiger partial charge in [-0.25, -0.2) is 4.79 Å². The fraction of sp³-hybridized carbons (Fsp3) is 0.429. The molecule has 0 bridgehead atoms. The largest absolute Gasteiger partial charge is 0.480 e. The number of thioether (sulfide) groups is 1. The third-order valence-corrected chi connectivity index (χ3v) is 4.77. The van der Waals surface area contributed by atoms with Gasteiger partial charge in [0.2, 0.25) is 0 Å². The lowest BCUT2D eigenvalue weighted by atomic mass is 9.99. The van der Waals surface area contributed by atoms with Crippen molar-refractivity contribution in [2.24, 2.45) is 5.92 Å². The van der Waals surface area contributed by atoms with Crippen LogP contribution in [0.15, 0.2) is 17.0 Å². The maximum atomic E-state index is 12.3. The summed E-state index contributed by atoms with van der Waals surface area (Å²) in [5.74, 6) is -1.76. The molecule has 2 N–H and O–H groups in total. The molecule has 21 heavy (non-hydrogen) atoms. The Morgan fingerprint density at radius 1 is 1.33 bits per heavy atom. The second-order valence-corrected chi connectivity index (χ2v) is 6.30. The van der Waals surface area contributed by atoms with Crippen molar-refractivity contribution in [1.82, 2.24) is 5.32 Å². The van der Waals surface area contributed by atoms with Crippen molar-refractivity contribution >= 4 is 46.8 Å². The van der Waals surface area contributed by atoms with Gasteiger partial charge in [-0.15, -0.1) is 11.8 Å². The number of halogens is 2. The molecule has 1 rings (SSSR count). The standard InChI is InChI=1S/C14H17Cl2NO3S/c1-4-7(2)12(14(19)20)17-13(18)8-5-11(21-3)10(16)6-9(8)15/h5-7,12H,4H2,1-3H3,(H,17,18)(H,19,20). The van der Waals surface area contributed by atoms with Crippen molar-refractivity contribution in [3.63, 3.8) is 0 Å². The molecule has 0 fully saturated rings. The van der Waals surface area contributed by atoms with E-state index >= 15 is 0 Å². The Balaban J connectivity index is 3.05. The first-order valence-corrected chi connectivity index (χ1v) is 8.36. The first kappa shape index (κ1) is 18.1. The van der Waals surface area contributed by atoms with Gasteiger partial charge < -0.3 is 10.4 Å². The minimum Gasteiger partial charge on any atom is -0.480 e. The molecular weight excluding hydrogens is 333 g/mol. The molecule has 2 atom stereocenters. The zero-order chi connectivity index (χ0) is 16.2. The molecule has 7 heteroatoms. The van der Waals surface area contributed by atoms with Gasteiger partial charge in [-0.2, -0.15) is 0 Å². The molecule has 1 aromatic rings. The molecule has 0 radical (unpaired) electrons. The number of benzene rings is 1. The van der Waals surface area contributed by atoms with Gasteiger partial charge in [0, 0.05) is 4.90 Å². The van der Waals surface area contributed by atoms with Crippen LogP contribution in [0.4, 0.5) is 0 Å². The summed E-state index contributed by atoms with van der Waals surface area (Å²) in [6.45, 7) is 3.64. The summed E-state index contributed by atoms with van der Waals surface area (Å²) in [7, 11) is 0. The quantitative estimate of drug-likeness (QED) is 0.763. The zero-order valence-corrected chi connectivity index (χ0v) is 14.3. The number of amides is 1. The van der Waals surface area contributed by atoms with Crippen LogP contribution in [-0.2, 0) is 4.79 Å². The van der Waals surface area contributed by atoms with E-state index in [0.29, 0.717) is 16.3 Å². The van der Waals surface area contributed by atoms with Gasteiger partial charge in [0.05, 0.1) is 15.6 Å². The predicted octanol–water partition coefficient (Wildman–Crippen LogP) is 3.94. The molecule has 0 aliphatic carbocycles. The first-order valence-electron chi connectivity index (χ1n) is 6.38. The Morgan fingerprint density at radius 2 is 1.95 bits per heavy atom. The number of carboxylic acid groups (broad SMARTS) is 1. The van der Waals surface area contributed by atoms with Crippen molar-refractivity contribution in [3.05, 3.63) is 27.7 Å². The summed E-state index contributed by atoms with van der Waals surface area (Å²) in [4.78, 5) is 24.2. The van der Waals surface area contributed by atoms with Crippen LogP contribution in [-0.4, -0.2) is 29.3 Å². The number of carbonyl (C=O) groups is 2. The molecule has 0 aliphatic rings. The summed E-state index contributed by atoms with van der Waals surface area (Å²) in [5, 5.41) is 12.4. The molecular formula is C14H17Cl2NO3S. The molecule has 0 aliphatic heterocycles. The Kier molecular flexibility index (Phi) is 6.84. The van der Waals surface area contributed by atoms with Crippen LogP contribution in [0.2, 0.25) is 10.0 Å². The fourth-order valence-corrected chi connectivity index (χ4v) is 2.95. The van der Waals surface area contributed by atoms with E-state index in [1.54, 1.807) is 13.0 Å². The van der Waals surface area contributed by atoms with Gasteiger partial charge in [0.25, 0.3) is 5.91 Å². The second kappa shape index (κ2) is 7.92. The maximum Gasteiger partial charge on any atom is 0.326 e. The van der Waals surface area contributed by atoms with Crippen molar-refractivity contribution < 1.29 is 14.7 Å². The third-order valence-electron chi connectivity index (χ3n) is 3.25. The molecule has 2 unspecified atom stereocenters. The van der Waals surface area contributed by atoms with Gasteiger partial charge in [0.15, 0.2) is 0 Å². The highest BCUT2D eigenvalue weighted by Gasteiger charge is 2.26. The highest BCUT2D eigenvalue weighted by molar-refractivity contribution is 7.98. The topological polar surface area (TPSA) is 66.4 Å². The van der Waals surface area contributed by atoms with E-state index < -0.39 is 17.9 Å². The number of hydrogen-bond donors (Lipinski definition) is 2. The fourth-order valence-electron chi connectivity index (χ4n) is 1.76. The molecule has 4 nitrogen and oxygen atoms in total. The lowest BCUT2D eigenvalue weighted by molar-refractivity contribution is -0.140. The van der Waals surface area contributed by atoms with Crippen molar-refractivity contribution in [2.75, 3.05) is 6.26 Å². The summed E-state index contributed by atoms with van der Waals surface area (Å²) in [5.41, 5.74) is 0.222. The van der Waals surface area contributed by atoms with E-state index in [-0.39, 0.29) is 16.5 Å². The highest BCUT2D eigenvalue weighted by Crippen LogP contribution is 2.31. The van der Waals surface area contributed by atoms with E-state index in [9.17, 15) is 14.7 Å². The zero-order valence-electron chi connectivity index (χ0n) is 11.9. The number of carboxylic acids is 1. The van der Waals surface area contributed by atoms with E-state index in [0.717, 1.165) is 0 Å². The molecule has 1 aromatic carbocycles. The van der Waals surface area contributed by atoms with Gasteiger partial charge >= 0.3 is 5.97 Å². The van der Waals surface area contributed by atoms with E-state index in [1.807, 2.05) is 13.2 Å². The molecule has 0 saturated heterocycles. The highest BCUT2D eigenvalue weighted by atomic mass is 35.5. The third kappa shape index (κ3) is 4.53. The van der Waals surface area contributed by atoms with Crippen LogP contribution in [0.5, 0.6) is 0 Å². The lowest BCUT2D eigenvalue weighted by Gasteiger charge is -2.20. The van der Waals surface area contributed by atoms with Crippen LogP contribution in [0.3, 0.4) is 0 Å². The molecule has 1 amide bonds. The molecule has 0 saturated carbocycles. The SMILES string of the molecule is CCC(C)C(NC(=O)c1cc(SC)c(Cl)cc1Cl)C(=O)O. The number of nitrogens with one attached hydrogen (secondary N) is 1. The van der Waals surface area contributed by atoms with Crippen molar-refractivity contribution in [1.29, 1.82) is 0 Å². The molecule has 0 heterocycles. The molecule has 116 valence electrons. The van der Waals surface area contributed by atoms with Crippen LogP contribution >= 0.6 is 35.0 Å². The van der Waals surface area contributed by atoms with E-state index in [2.05, 4.69) is 5.32 Å². The van der Waals surface area contributed by atoms with Gasteiger partial charge in [-0.1, -0.05) is 43.5 Å². The van der Waals surface area contributed by atoms with Gasteiger partial charge in [-0.3, -0.25) is 4.79 Å². The second-order valence-electron chi connectivity index (χ2n) is 4.64. The monoisotopic (exact) mass is 349 g/mol. The maximum absolute atomic E-state index is 12.3. The first-order chi connectivity index (χ1) is 9.81. The minimum atomic E-state index is -1.06. The normalized spacial score (nSPS) is 13.6. The summed E-state index contributed by atoms with van der Waals surface area (Å²) >= 11 is 13.4. The van der Waals surface area contributed by atoms with Crippen LogP contribution in [0.1, 0.15) is 30.6 Å².